The van der Waals surface area contributed by atoms with Crippen LogP contribution in [0.2, 0.25) is 0 Å². The first-order valence-electron chi connectivity index (χ1n) is 3.71. The fourth-order valence-corrected chi connectivity index (χ4v) is 2.00. The minimum Gasteiger partial charge on any atom is -0.391 e. The van der Waals surface area contributed by atoms with Gasteiger partial charge in [-0.1, -0.05) is 18.3 Å². The zero-order valence-corrected chi connectivity index (χ0v) is 8.74. The molecule has 0 bridgehead atoms. The van der Waals surface area contributed by atoms with Crippen molar-refractivity contribution in [1.29, 1.82) is 0 Å². The Morgan fingerprint density at radius 1 is 1.77 bits per heavy atom. The predicted octanol–water partition coefficient (Wildman–Crippen LogP) is 1.21. The number of hydrogen-bond donors (Lipinski definition) is 2. The average molecular weight is 214 g/mol. The minimum absolute atomic E-state index is 0.133. The highest BCUT2D eigenvalue weighted by Gasteiger charge is 2.15. The molecule has 1 aromatic heterocycles. The van der Waals surface area contributed by atoms with Crippen LogP contribution in [-0.4, -0.2) is 10.9 Å². The second-order valence-corrected chi connectivity index (χ2v) is 4.00. The molecule has 3 nitrogen and oxygen atoms in total. The molecule has 0 spiro atoms. The topological polar surface area (TPSA) is 55.1 Å². The molecule has 13 heavy (non-hydrogen) atoms. The number of carbonyl (C=O) groups excluding carboxylic acids is 1. The van der Waals surface area contributed by atoms with Gasteiger partial charge in [0.05, 0.1) is 0 Å². The Bertz CT molecular complexity index is 308. The third kappa shape index (κ3) is 2.78. The number of nitrogens with two attached hydrogens (primary N) is 1. The molecule has 70 valence electrons. The molecule has 0 aliphatic carbocycles. The summed E-state index contributed by atoms with van der Waals surface area (Å²) >= 11 is 6.37. The number of amides is 1. The van der Waals surface area contributed by atoms with Crippen molar-refractivity contribution < 1.29 is 4.79 Å². The second-order valence-electron chi connectivity index (χ2n) is 2.55. The Morgan fingerprint density at radius 2 is 2.46 bits per heavy atom. The van der Waals surface area contributed by atoms with Crippen molar-refractivity contribution in [2.75, 3.05) is 0 Å². The van der Waals surface area contributed by atoms with Crippen LogP contribution in [0.1, 0.15) is 17.8 Å². The number of rotatable bonds is 3. The summed E-state index contributed by atoms with van der Waals surface area (Å²) < 4.78 is 0. The molecule has 5 heteroatoms. The number of carbonyl (C=O) groups is 1. The normalized spacial score (nSPS) is 12.1. The van der Waals surface area contributed by atoms with Crippen molar-refractivity contribution >= 4 is 34.5 Å². The number of nitrogens with one attached hydrogen (secondary N) is 1. The third-order valence-corrected chi connectivity index (χ3v) is 2.63. The quantitative estimate of drug-likeness (QED) is 0.744. The summed E-state index contributed by atoms with van der Waals surface area (Å²) in [7, 11) is 0. The van der Waals surface area contributed by atoms with Crippen molar-refractivity contribution in [3.05, 3.63) is 22.4 Å². The van der Waals surface area contributed by atoms with Crippen molar-refractivity contribution in [1.82, 2.24) is 5.32 Å². The molecule has 0 saturated carbocycles. The maximum Gasteiger partial charge on any atom is 0.217 e. The molecule has 0 saturated heterocycles. The van der Waals surface area contributed by atoms with Gasteiger partial charge in [-0.25, -0.2) is 0 Å². The van der Waals surface area contributed by atoms with Gasteiger partial charge >= 0.3 is 0 Å². The molecular weight excluding hydrogens is 204 g/mol. The summed E-state index contributed by atoms with van der Waals surface area (Å²) in [6, 6.07) is 3.46. The lowest BCUT2D eigenvalue weighted by atomic mass is 10.2. The fraction of sp³-hybridized carbons (Fsp3) is 0.250. The first-order chi connectivity index (χ1) is 6.11. The lowest BCUT2D eigenvalue weighted by Crippen LogP contribution is -2.34. The van der Waals surface area contributed by atoms with Crippen LogP contribution in [0.5, 0.6) is 0 Å². The van der Waals surface area contributed by atoms with Gasteiger partial charge in [-0.15, -0.1) is 11.3 Å². The van der Waals surface area contributed by atoms with E-state index in [-0.39, 0.29) is 16.9 Å². The van der Waals surface area contributed by atoms with Gasteiger partial charge in [0.2, 0.25) is 5.91 Å². The van der Waals surface area contributed by atoms with Gasteiger partial charge in [0, 0.05) is 11.8 Å². The van der Waals surface area contributed by atoms with E-state index in [1.807, 2.05) is 17.5 Å². The van der Waals surface area contributed by atoms with E-state index in [1.165, 1.54) is 18.3 Å². The third-order valence-electron chi connectivity index (χ3n) is 1.46. The molecule has 1 amide bonds. The Labute approximate surface area is 85.9 Å². The van der Waals surface area contributed by atoms with Gasteiger partial charge in [0.15, 0.2) is 0 Å². The highest BCUT2D eigenvalue weighted by atomic mass is 32.1. The van der Waals surface area contributed by atoms with Crippen LogP contribution in [0, 0.1) is 0 Å². The summed E-state index contributed by atoms with van der Waals surface area (Å²) in [6.45, 7) is 1.44. The Kier molecular flexibility index (Phi) is 3.39. The lowest BCUT2D eigenvalue weighted by Gasteiger charge is -2.14. The molecule has 0 radical (unpaired) electrons. The molecule has 3 N–H and O–H groups in total. The second kappa shape index (κ2) is 4.34. The van der Waals surface area contributed by atoms with E-state index < -0.39 is 0 Å². The van der Waals surface area contributed by atoms with Crippen molar-refractivity contribution in [3.8, 4) is 0 Å². The largest absolute Gasteiger partial charge is 0.391 e. The van der Waals surface area contributed by atoms with Gasteiger partial charge < -0.3 is 11.1 Å². The molecular formula is C8H10N2OS2. The van der Waals surface area contributed by atoms with Crippen molar-refractivity contribution in [3.63, 3.8) is 0 Å². The Balaban J connectivity index is 2.81. The Hall–Kier alpha value is -0.940. The smallest absolute Gasteiger partial charge is 0.217 e. The predicted molar refractivity (Wildman–Crippen MR) is 57.7 cm³/mol. The van der Waals surface area contributed by atoms with Gasteiger partial charge in [-0.3, -0.25) is 4.79 Å². The summed E-state index contributed by atoms with van der Waals surface area (Å²) in [5.74, 6) is -0.133. The van der Waals surface area contributed by atoms with E-state index in [9.17, 15) is 4.79 Å². The maximum atomic E-state index is 10.8. The zero-order chi connectivity index (χ0) is 9.84. The highest BCUT2D eigenvalue weighted by Crippen LogP contribution is 2.18. The summed E-state index contributed by atoms with van der Waals surface area (Å²) in [6.07, 6.45) is 0. The zero-order valence-electron chi connectivity index (χ0n) is 7.11. The van der Waals surface area contributed by atoms with Crippen molar-refractivity contribution in [2.24, 2.45) is 5.73 Å². The van der Waals surface area contributed by atoms with E-state index in [0.29, 0.717) is 0 Å². The molecule has 0 aliphatic rings. The van der Waals surface area contributed by atoms with Gasteiger partial charge in [-0.2, -0.15) is 0 Å². The van der Waals surface area contributed by atoms with E-state index in [2.05, 4.69) is 5.32 Å². The van der Waals surface area contributed by atoms with E-state index in [0.717, 1.165) is 4.88 Å². The van der Waals surface area contributed by atoms with Crippen LogP contribution in [0.25, 0.3) is 0 Å². The molecule has 0 fully saturated rings. The molecule has 1 rings (SSSR count). The summed E-state index contributed by atoms with van der Waals surface area (Å²) in [4.78, 5) is 12.1. The maximum absolute atomic E-state index is 10.8. The molecule has 1 aromatic rings. The molecule has 1 unspecified atom stereocenters. The van der Waals surface area contributed by atoms with Gasteiger partial charge in [0.1, 0.15) is 11.0 Å². The van der Waals surface area contributed by atoms with Crippen LogP contribution in [0.15, 0.2) is 17.5 Å². The fourth-order valence-electron chi connectivity index (χ4n) is 0.941. The molecule has 0 aromatic carbocycles. The van der Waals surface area contributed by atoms with Crippen LogP contribution in [0.4, 0.5) is 0 Å². The first-order valence-corrected chi connectivity index (χ1v) is 5.00. The van der Waals surface area contributed by atoms with Crippen LogP contribution < -0.4 is 11.1 Å². The Morgan fingerprint density at radius 3 is 2.85 bits per heavy atom. The number of thiophene rings is 1. The van der Waals surface area contributed by atoms with Crippen LogP contribution in [-0.2, 0) is 4.79 Å². The SMILES string of the molecule is CC(=O)NC(C(N)=S)c1cccs1. The minimum atomic E-state index is -0.326. The van der Waals surface area contributed by atoms with Crippen LogP contribution in [0.3, 0.4) is 0 Å². The van der Waals surface area contributed by atoms with Crippen molar-refractivity contribution in [2.45, 2.75) is 13.0 Å². The molecule has 0 aliphatic heterocycles. The number of thiocarbonyl (C=S) groups is 1. The molecule has 1 heterocycles. The summed E-state index contributed by atoms with van der Waals surface area (Å²) in [5, 5.41) is 4.61. The lowest BCUT2D eigenvalue weighted by molar-refractivity contribution is -0.119. The highest BCUT2D eigenvalue weighted by molar-refractivity contribution is 7.80. The number of hydrogen-bond acceptors (Lipinski definition) is 3. The monoisotopic (exact) mass is 214 g/mol. The van der Waals surface area contributed by atoms with Gasteiger partial charge in [-0.05, 0) is 11.4 Å². The van der Waals surface area contributed by atoms with E-state index >= 15 is 0 Å². The average Bonchev–Trinajstić information content (AvgIpc) is 2.50. The molecule has 1 atom stereocenters. The van der Waals surface area contributed by atoms with E-state index in [1.54, 1.807) is 0 Å². The van der Waals surface area contributed by atoms with Crippen LogP contribution >= 0.6 is 23.6 Å². The summed E-state index contributed by atoms with van der Waals surface area (Å²) in [5.41, 5.74) is 5.50. The van der Waals surface area contributed by atoms with E-state index in [4.69, 9.17) is 18.0 Å². The van der Waals surface area contributed by atoms with Gasteiger partial charge in [0.25, 0.3) is 0 Å². The standard InChI is InChI=1S/C8H10N2OS2/c1-5(11)10-7(8(9)12)6-3-2-4-13-6/h2-4,7H,1H3,(H2,9,12)(H,10,11). The first kappa shape index (κ1) is 10.1.